The zero-order chi connectivity index (χ0) is 21.8. The summed E-state index contributed by atoms with van der Waals surface area (Å²) in [5.41, 5.74) is 10.3. The maximum atomic E-state index is 12.1. The number of carboxylic acids is 1. The van der Waals surface area contributed by atoms with Crippen LogP contribution < -0.4 is 27.3 Å². The summed E-state index contributed by atoms with van der Waals surface area (Å²) in [5.74, 6) is 4.72. The summed E-state index contributed by atoms with van der Waals surface area (Å²) in [4.78, 5) is 30.3. The Morgan fingerprint density at radius 2 is 2.00 bits per heavy atom. The van der Waals surface area contributed by atoms with Gasteiger partial charge in [-0.2, -0.15) is 0 Å². The van der Waals surface area contributed by atoms with E-state index in [1.807, 2.05) is 37.3 Å². The van der Waals surface area contributed by atoms with E-state index in [1.165, 1.54) is 0 Å². The van der Waals surface area contributed by atoms with Crippen molar-refractivity contribution in [3.63, 3.8) is 0 Å². The molecule has 9 nitrogen and oxygen atoms in total. The lowest BCUT2D eigenvalue weighted by atomic mass is 9.95. The number of carbonyl (C=O) groups is 1. The molecule has 0 bridgehead atoms. The lowest BCUT2D eigenvalue weighted by molar-refractivity contribution is -0.138. The van der Waals surface area contributed by atoms with Crippen LogP contribution in [-0.2, 0) is 4.79 Å². The summed E-state index contributed by atoms with van der Waals surface area (Å²) >= 11 is 0. The molecule has 30 heavy (non-hydrogen) atoms. The maximum absolute atomic E-state index is 12.1. The van der Waals surface area contributed by atoms with Gasteiger partial charge in [-0.25, -0.2) is 10.8 Å². The van der Waals surface area contributed by atoms with Crippen LogP contribution in [0.4, 0.5) is 11.5 Å². The molecule has 3 rings (SSSR count). The van der Waals surface area contributed by atoms with Gasteiger partial charge in [0.1, 0.15) is 17.3 Å². The van der Waals surface area contributed by atoms with E-state index < -0.39 is 17.4 Å². The van der Waals surface area contributed by atoms with Gasteiger partial charge in [0.05, 0.1) is 18.1 Å². The highest BCUT2D eigenvalue weighted by molar-refractivity contribution is 5.78. The third-order valence-corrected chi connectivity index (χ3v) is 4.72. The number of aliphatic carboxylic acids is 1. The lowest BCUT2D eigenvalue weighted by Gasteiger charge is -2.14. The zero-order valence-corrected chi connectivity index (χ0v) is 16.6. The van der Waals surface area contributed by atoms with Crippen molar-refractivity contribution in [2.45, 2.75) is 19.8 Å². The molecular formula is C21H23N5O4. The van der Waals surface area contributed by atoms with Gasteiger partial charge in [0.2, 0.25) is 0 Å². The molecule has 1 heterocycles. The molecule has 0 saturated heterocycles. The number of rotatable bonds is 7. The summed E-state index contributed by atoms with van der Waals surface area (Å²) in [6.07, 6.45) is 0. The fraction of sp³-hybridized carbons (Fsp3) is 0.190. The molecule has 1 atom stereocenters. The van der Waals surface area contributed by atoms with E-state index in [0.29, 0.717) is 23.5 Å². The summed E-state index contributed by atoms with van der Waals surface area (Å²) < 4.78 is 5.77. The number of benzene rings is 2. The Bertz CT molecular complexity index is 1140. The highest BCUT2D eigenvalue weighted by Crippen LogP contribution is 2.34. The minimum Gasteiger partial charge on any atom is -0.493 e. The molecule has 1 unspecified atom stereocenters. The fourth-order valence-corrected chi connectivity index (χ4v) is 3.02. The lowest BCUT2D eigenvalue weighted by Crippen LogP contribution is -2.20. The van der Waals surface area contributed by atoms with Crippen molar-refractivity contribution in [3.8, 4) is 28.3 Å². The minimum atomic E-state index is -0.889. The molecular weight excluding hydrogens is 386 g/mol. The van der Waals surface area contributed by atoms with Gasteiger partial charge < -0.3 is 26.0 Å². The zero-order valence-electron chi connectivity index (χ0n) is 16.6. The topological polar surface area (TPSA) is 156 Å². The maximum Gasteiger partial charge on any atom is 0.310 e. The van der Waals surface area contributed by atoms with Crippen LogP contribution >= 0.6 is 0 Å². The molecule has 0 fully saturated rings. The van der Waals surface area contributed by atoms with Crippen LogP contribution in [-0.4, -0.2) is 27.7 Å². The Balaban J connectivity index is 2.09. The number of anilines is 2. The number of hydrogen-bond acceptors (Lipinski definition) is 7. The van der Waals surface area contributed by atoms with Gasteiger partial charge in [0, 0.05) is 0 Å². The fourth-order valence-electron chi connectivity index (χ4n) is 3.02. The third kappa shape index (κ3) is 4.11. The normalized spacial score (nSPS) is 11.7. The predicted molar refractivity (Wildman–Crippen MR) is 115 cm³/mol. The van der Waals surface area contributed by atoms with Crippen LogP contribution in [0.25, 0.3) is 22.5 Å². The van der Waals surface area contributed by atoms with Crippen LogP contribution in [0.1, 0.15) is 25.3 Å². The molecule has 0 saturated carbocycles. The molecule has 7 N–H and O–H groups in total. The first-order chi connectivity index (χ1) is 14.3. The summed E-state index contributed by atoms with van der Waals surface area (Å²) in [7, 11) is 0. The van der Waals surface area contributed by atoms with Gasteiger partial charge in [-0.3, -0.25) is 9.59 Å². The second-order valence-corrected chi connectivity index (χ2v) is 6.65. The van der Waals surface area contributed by atoms with E-state index in [1.54, 1.807) is 19.1 Å². The molecule has 0 spiro atoms. The molecule has 2 aromatic carbocycles. The first kappa shape index (κ1) is 20.9. The molecule has 0 radical (unpaired) electrons. The first-order valence-electron chi connectivity index (χ1n) is 9.32. The molecule has 0 aliphatic carbocycles. The van der Waals surface area contributed by atoms with E-state index in [9.17, 15) is 14.7 Å². The Hall–Kier alpha value is -3.85. The van der Waals surface area contributed by atoms with Crippen molar-refractivity contribution in [2.75, 3.05) is 17.8 Å². The highest BCUT2D eigenvalue weighted by Gasteiger charge is 2.16. The van der Waals surface area contributed by atoms with Crippen molar-refractivity contribution < 1.29 is 14.6 Å². The summed E-state index contributed by atoms with van der Waals surface area (Å²) in [6.45, 7) is 3.88. The first-order valence-corrected chi connectivity index (χ1v) is 9.32. The van der Waals surface area contributed by atoms with Crippen LogP contribution in [0, 0.1) is 0 Å². The number of aromatic amines is 1. The van der Waals surface area contributed by atoms with Crippen LogP contribution in [0.2, 0.25) is 0 Å². The molecule has 156 valence electrons. The molecule has 1 aromatic heterocycles. The van der Waals surface area contributed by atoms with Gasteiger partial charge in [-0.05, 0) is 42.7 Å². The standard InChI is InChI=1S/C21H23N5O4/c1-3-30-16-10-14(13-6-4-5-12(9-13)11(2)21(28)29)7-8-15(16)18-24-19(26-23)17(22)20(27)25-18/h4-11H,3,22-23H2,1-2H3,(H,28,29)(H2,24,25,26,27). The number of aromatic nitrogens is 2. The van der Waals surface area contributed by atoms with Crippen molar-refractivity contribution in [1.82, 2.24) is 9.97 Å². The third-order valence-electron chi connectivity index (χ3n) is 4.72. The van der Waals surface area contributed by atoms with E-state index in [2.05, 4.69) is 15.4 Å². The van der Waals surface area contributed by atoms with Crippen LogP contribution in [0.5, 0.6) is 5.75 Å². The number of nitrogens with zero attached hydrogens (tertiary/aromatic N) is 1. The highest BCUT2D eigenvalue weighted by atomic mass is 16.5. The smallest absolute Gasteiger partial charge is 0.310 e. The van der Waals surface area contributed by atoms with Gasteiger partial charge in [0.25, 0.3) is 5.56 Å². The van der Waals surface area contributed by atoms with E-state index in [4.69, 9.17) is 16.3 Å². The number of nitrogen functional groups attached to an aromatic ring is 2. The van der Waals surface area contributed by atoms with Crippen molar-refractivity contribution in [1.29, 1.82) is 0 Å². The van der Waals surface area contributed by atoms with Gasteiger partial charge in [0.15, 0.2) is 5.82 Å². The van der Waals surface area contributed by atoms with Crippen molar-refractivity contribution in [3.05, 3.63) is 58.4 Å². The number of nitrogens with two attached hydrogens (primary N) is 2. The van der Waals surface area contributed by atoms with E-state index in [-0.39, 0.29) is 17.3 Å². The largest absolute Gasteiger partial charge is 0.493 e. The summed E-state index contributed by atoms with van der Waals surface area (Å²) in [6, 6.07) is 12.7. The second kappa shape index (κ2) is 8.66. The Morgan fingerprint density at radius 1 is 1.27 bits per heavy atom. The molecule has 3 aromatic rings. The van der Waals surface area contributed by atoms with Gasteiger partial charge in [-0.1, -0.05) is 30.3 Å². The van der Waals surface area contributed by atoms with Crippen molar-refractivity contribution >= 4 is 17.5 Å². The second-order valence-electron chi connectivity index (χ2n) is 6.65. The van der Waals surface area contributed by atoms with E-state index >= 15 is 0 Å². The molecule has 9 heteroatoms. The number of H-pyrrole nitrogens is 1. The quantitative estimate of drug-likeness (QED) is 0.294. The SMILES string of the molecule is CCOc1cc(-c2cccc(C(C)C(=O)O)c2)ccc1-c1nc(NN)c(N)c(=O)[nH]1. The Labute approximate surface area is 172 Å². The number of nitrogens with one attached hydrogen (secondary N) is 2. The average Bonchev–Trinajstić information content (AvgIpc) is 2.75. The Kier molecular flexibility index (Phi) is 6.03. The number of hydrazine groups is 1. The number of carboxylic acid groups (broad SMARTS) is 1. The van der Waals surface area contributed by atoms with E-state index in [0.717, 1.165) is 11.1 Å². The van der Waals surface area contributed by atoms with Crippen molar-refractivity contribution in [2.24, 2.45) is 5.84 Å². The van der Waals surface area contributed by atoms with Crippen LogP contribution in [0.15, 0.2) is 47.3 Å². The number of ether oxygens (including phenoxy) is 1. The van der Waals surface area contributed by atoms with Gasteiger partial charge >= 0.3 is 5.97 Å². The molecule has 0 aliphatic rings. The summed E-state index contributed by atoms with van der Waals surface area (Å²) in [5, 5.41) is 9.28. The Morgan fingerprint density at radius 3 is 2.67 bits per heavy atom. The van der Waals surface area contributed by atoms with Gasteiger partial charge in [-0.15, -0.1) is 0 Å². The number of hydrogen-bond donors (Lipinski definition) is 5. The molecule has 0 amide bonds. The predicted octanol–water partition coefficient (Wildman–Crippen LogP) is 2.56. The monoisotopic (exact) mass is 409 g/mol. The minimum absolute atomic E-state index is 0.0654. The van der Waals surface area contributed by atoms with Crippen LogP contribution in [0.3, 0.4) is 0 Å². The average molecular weight is 409 g/mol. The molecule has 0 aliphatic heterocycles.